The third-order valence-corrected chi connectivity index (χ3v) is 2.52. The molecular weight excluding hydrogens is 252 g/mol. The average molecular weight is 266 g/mol. The molecule has 1 rings (SSSR count). The van der Waals surface area contributed by atoms with Crippen molar-refractivity contribution in [3.63, 3.8) is 0 Å². The van der Waals surface area contributed by atoms with Gasteiger partial charge in [-0.15, -0.1) is 0 Å². The summed E-state index contributed by atoms with van der Waals surface area (Å²) in [5, 5.41) is 19.1. The van der Waals surface area contributed by atoms with Crippen LogP contribution in [0, 0.1) is 10.1 Å². The van der Waals surface area contributed by atoms with Crippen molar-refractivity contribution < 1.29 is 19.6 Å². The number of nitrogens with zero attached hydrogens (tertiary/aromatic N) is 2. The van der Waals surface area contributed by atoms with E-state index >= 15 is 0 Å². The average Bonchev–Trinajstić information content (AvgIpc) is 2.34. The molecule has 0 aliphatic rings. The number of nitro benzene ring substituents is 1. The molecular formula is C12H14N2O5. The SMILES string of the molecule is CC(=O)N(CCCC(=O)O)c1ccc([N+](=O)[O-])cc1. The van der Waals surface area contributed by atoms with Crippen molar-refractivity contribution >= 4 is 23.3 Å². The Bertz CT molecular complexity index is 483. The van der Waals surface area contributed by atoms with Crippen LogP contribution in [-0.2, 0) is 9.59 Å². The third-order valence-electron chi connectivity index (χ3n) is 2.52. The van der Waals surface area contributed by atoms with Crippen LogP contribution in [0.4, 0.5) is 11.4 Å². The minimum Gasteiger partial charge on any atom is -0.481 e. The molecule has 1 N–H and O–H groups in total. The molecule has 7 heteroatoms. The number of anilines is 1. The number of carboxylic acids is 1. The van der Waals surface area contributed by atoms with E-state index in [1.165, 1.54) is 36.1 Å². The van der Waals surface area contributed by atoms with Gasteiger partial charge in [0.25, 0.3) is 5.69 Å². The molecule has 19 heavy (non-hydrogen) atoms. The van der Waals surface area contributed by atoms with Crippen LogP contribution in [0.2, 0.25) is 0 Å². The van der Waals surface area contributed by atoms with Crippen LogP contribution in [0.15, 0.2) is 24.3 Å². The topological polar surface area (TPSA) is 101 Å². The second-order valence-corrected chi connectivity index (χ2v) is 3.94. The normalized spacial score (nSPS) is 9.95. The Morgan fingerprint density at radius 2 is 1.89 bits per heavy atom. The molecule has 0 atom stereocenters. The van der Waals surface area contributed by atoms with Crippen LogP contribution in [0.1, 0.15) is 19.8 Å². The van der Waals surface area contributed by atoms with Gasteiger partial charge in [-0.2, -0.15) is 0 Å². The summed E-state index contributed by atoms with van der Waals surface area (Å²) in [6, 6.07) is 5.56. The predicted octanol–water partition coefficient (Wildman–Crippen LogP) is 1.81. The first kappa shape index (κ1) is 14.6. The van der Waals surface area contributed by atoms with Crippen molar-refractivity contribution in [3.8, 4) is 0 Å². The van der Waals surface area contributed by atoms with E-state index < -0.39 is 10.9 Å². The first-order chi connectivity index (χ1) is 8.91. The molecule has 0 spiro atoms. The lowest BCUT2D eigenvalue weighted by molar-refractivity contribution is -0.384. The smallest absolute Gasteiger partial charge is 0.303 e. The maximum Gasteiger partial charge on any atom is 0.303 e. The summed E-state index contributed by atoms with van der Waals surface area (Å²) in [5.41, 5.74) is 0.460. The quantitative estimate of drug-likeness (QED) is 0.625. The summed E-state index contributed by atoms with van der Waals surface area (Å²) in [5.74, 6) is -1.16. The highest BCUT2D eigenvalue weighted by atomic mass is 16.6. The molecule has 0 aliphatic carbocycles. The minimum atomic E-state index is -0.924. The Balaban J connectivity index is 2.78. The monoisotopic (exact) mass is 266 g/mol. The van der Waals surface area contributed by atoms with E-state index in [1.807, 2.05) is 0 Å². The molecule has 1 aromatic rings. The van der Waals surface area contributed by atoms with E-state index in [9.17, 15) is 19.7 Å². The molecule has 1 amide bonds. The van der Waals surface area contributed by atoms with Gasteiger partial charge in [-0.3, -0.25) is 19.7 Å². The lowest BCUT2D eigenvalue weighted by Crippen LogP contribution is -2.29. The molecule has 102 valence electrons. The van der Waals surface area contributed by atoms with Crippen molar-refractivity contribution in [2.75, 3.05) is 11.4 Å². The van der Waals surface area contributed by atoms with Gasteiger partial charge in [-0.25, -0.2) is 0 Å². The number of benzene rings is 1. The molecule has 0 unspecified atom stereocenters. The van der Waals surface area contributed by atoms with Gasteiger partial charge in [-0.05, 0) is 18.6 Å². The molecule has 0 heterocycles. The lowest BCUT2D eigenvalue weighted by Gasteiger charge is -2.20. The Kier molecular flexibility index (Phi) is 4.99. The standard InChI is InChI=1S/C12H14N2O5/c1-9(15)13(8-2-3-12(16)17)10-4-6-11(7-5-10)14(18)19/h4-7H,2-3,8H2,1H3,(H,16,17). The van der Waals surface area contributed by atoms with E-state index in [2.05, 4.69) is 0 Å². The van der Waals surface area contributed by atoms with Crippen LogP contribution in [0.25, 0.3) is 0 Å². The van der Waals surface area contributed by atoms with Crippen molar-refractivity contribution in [3.05, 3.63) is 34.4 Å². The zero-order valence-electron chi connectivity index (χ0n) is 10.4. The maximum atomic E-state index is 11.5. The minimum absolute atomic E-state index is 0.0310. The number of nitro groups is 1. The zero-order valence-corrected chi connectivity index (χ0v) is 10.4. The predicted molar refractivity (Wildman–Crippen MR) is 68.0 cm³/mol. The van der Waals surface area contributed by atoms with Crippen LogP contribution < -0.4 is 4.90 Å². The van der Waals surface area contributed by atoms with Crippen molar-refractivity contribution in [2.45, 2.75) is 19.8 Å². The highest BCUT2D eigenvalue weighted by molar-refractivity contribution is 5.91. The first-order valence-electron chi connectivity index (χ1n) is 5.66. The molecule has 0 aliphatic heterocycles. The number of aliphatic carboxylic acids is 1. The third kappa shape index (κ3) is 4.38. The Morgan fingerprint density at radius 1 is 1.32 bits per heavy atom. The van der Waals surface area contributed by atoms with Crippen LogP contribution in [-0.4, -0.2) is 28.5 Å². The summed E-state index contributed by atoms with van der Waals surface area (Å²) >= 11 is 0. The van der Waals surface area contributed by atoms with Gasteiger partial charge in [0.15, 0.2) is 0 Å². The largest absolute Gasteiger partial charge is 0.481 e. The maximum absolute atomic E-state index is 11.5. The number of rotatable bonds is 6. The lowest BCUT2D eigenvalue weighted by atomic mass is 10.2. The number of hydrogen-bond donors (Lipinski definition) is 1. The molecule has 1 aromatic carbocycles. The number of amides is 1. The number of hydrogen-bond acceptors (Lipinski definition) is 4. The van der Waals surface area contributed by atoms with Gasteiger partial charge in [0, 0.05) is 37.7 Å². The Labute approximate surface area is 109 Å². The summed E-state index contributed by atoms with van der Waals surface area (Å²) < 4.78 is 0. The highest BCUT2D eigenvalue weighted by Gasteiger charge is 2.13. The van der Waals surface area contributed by atoms with Crippen LogP contribution in [0.3, 0.4) is 0 Å². The highest BCUT2D eigenvalue weighted by Crippen LogP contribution is 2.20. The second kappa shape index (κ2) is 6.48. The van der Waals surface area contributed by atoms with Crippen molar-refractivity contribution in [1.82, 2.24) is 0 Å². The molecule has 0 saturated carbocycles. The molecule has 0 fully saturated rings. The van der Waals surface area contributed by atoms with Gasteiger partial charge < -0.3 is 10.0 Å². The van der Waals surface area contributed by atoms with Gasteiger partial charge in [0.1, 0.15) is 0 Å². The summed E-state index contributed by atoms with van der Waals surface area (Å²) in [7, 11) is 0. The molecule has 0 bridgehead atoms. The fraction of sp³-hybridized carbons (Fsp3) is 0.333. The molecule has 0 aromatic heterocycles. The molecule has 0 saturated heterocycles. The van der Waals surface area contributed by atoms with E-state index in [0.717, 1.165) is 0 Å². The molecule has 7 nitrogen and oxygen atoms in total. The number of non-ortho nitro benzene ring substituents is 1. The zero-order chi connectivity index (χ0) is 14.4. The van der Waals surface area contributed by atoms with Gasteiger partial charge in [-0.1, -0.05) is 0 Å². The van der Waals surface area contributed by atoms with Crippen LogP contribution in [0.5, 0.6) is 0 Å². The second-order valence-electron chi connectivity index (χ2n) is 3.94. The number of carboxylic acid groups (broad SMARTS) is 1. The molecule has 0 radical (unpaired) electrons. The van der Waals surface area contributed by atoms with Gasteiger partial charge in [0.05, 0.1) is 4.92 Å². The van der Waals surface area contributed by atoms with Crippen molar-refractivity contribution in [1.29, 1.82) is 0 Å². The number of carbonyl (C=O) groups is 2. The fourth-order valence-electron chi connectivity index (χ4n) is 1.61. The summed E-state index contributed by atoms with van der Waals surface area (Å²) in [4.78, 5) is 33.3. The van der Waals surface area contributed by atoms with E-state index in [4.69, 9.17) is 5.11 Å². The van der Waals surface area contributed by atoms with Crippen LogP contribution >= 0.6 is 0 Å². The summed E-state index contributed by atoms with van der Waals surface area (Å²) in [6.07, 6.45) is 0.294. The van der Waals surface area contributed by atoms with E-state index in [1.54, 1.807) is 0 Å². The van der Waals surface area contributed by atoms with Gasteiger partial charge >= 0.3 is 5.97 Å². The number of carbonyl (C=O) groups excluding carboxylic acids is 1. The van der Waals surface area contributed by atoms with E-state index in [-0.39, 0.29) is 24.6 Å². The summed E-state index contributed by atoms with van der Waals surface area (Å²) in [6.45, 7) is 1.63. The first-order valence-corrected chi connectivity index (χ1v) is 5.66. The Morgan fingerprint density at radius 3 is 2.32 bits per heavy atom. The Hall–Kier alpha value is -2.44. The van der Waals surface area contributed by atoms with E-state index in [0.29, 0.717) is 12.1 Å². The van der Waals surface area contributed by atoms with Gasteiger partial charge in [0.2, 0.25) is 5.91 Å². The fourth-order valence-corrected chi connectivity index (χ4v) is 1.61. The van der Waals surface area contributed by atoms with Crippen molar-refractivity contribution in [2.24, 2.45) is 0 Å².